The van der Waals surface area contributed by atoms with Gasteiger partial charge < -0.3 is 11.1 Å². The Morgan fingerprint density at radius 1 is 1.37 bits per heavy atom. The zero-order valence-electron chi connectivity index (χ0n) is 11.2. The van der Waals surface area contributed by atoms with E-state index in [1.54, 1.807) is 6.20 Å². The molecule has 0 atom stereocenters. The molecule has 5 nitrogen and oxygen atoms in total. The van der Waals surface area contributed by atoms with Crippen molar-refractivity contribution in [2.24, 2.45) is 0 Å². The quantitative estimate of drug-likeness (QED) is 0.776. The Kier molecular flexibility index (Phi) is 3.85. The Morgan fingerprint density at radius 2 is 2.16 bits per heavy atom. The summed E-state index contributed by atoms with van der Waals surface area (Å²) in [6, 6.07) is 6.12. The predicted octanol–water partition coefficient (Wildman–Crippen LogP) is 1.47. The largest absolute Gasteiger partial charge is 0.384 e. The summed E-state index contributed by atoms with van der Waals surface area (Å²) in [5.74, 6) is 0.473. The molecule has 1 heterocycles. The van der Waals surface area contributed by atoms with Crippen molar-refractivity contribution in [3.05, 3.63) is 46.6 Å². The van der Waals surface area contributed by atoms with Crippen molar-refractivity contribution in [1.29, 1.82) is 0 Å². The second kappa shape index (κ2) is 5.56. The van der Waals surface area contributed by atoms with E-state index in [9.17, 15) is 4.79 Å². The van der Waals surface area contributed by atoms with Crippen LogP contribution in [-0.2, 0) is 17.8 Å². The molecular formula is C14H18N4O. The maximum atomic E-state index is 11.9. The number of nitrogens with two attached hydrogens (primary N) is 1. The lowest BCUT2D eigenvalue weighted by atomic mass is 10.0. The van der Waals surface area contributed by atoms with Crippen LogP contribution >= 0.6 is 0 Å². The third-order valence-electron chi connectivity index (χ3n) is 3.08. The van der Waals surface area contributed by atoms with E-state index < -0.39 is 0 Å². The first-order chi connectivity index (χ1) is 9.06. The maximum Gasteiger partial charge on any atom is 0.224 e. The number of hydrogen-bond donors (Lipinski definition) is 3. The number of carbonyl (C=O) groups excluding carboxylic acids is 1. The number of nitrogen functional groups attached to an aromatic ring is 1. The first kappa shape index (κ1) is 13.1. The van der Waals surface area contributed by atoms with Crippen LogP contribution in [0.5, 0.6) is 0 Å². The van der Waals surface area contributed by atoms with E-state index in [0.717, 1.165) is 22.3 Å². The minimum atomic E-state index is -0.0192. The lowest BCUT2D eigenvalue weighted by Crippen LogP contribution is -2.25. The molecule has 0 fully saturated rings. The van der Waals surface area contributed by atoms with Gasteiger partial charge in [-0.3, -0.25) is 9.89 Å². The zero-order valence-corrected chi connectivity index (χ0v) is 11.2. The standard InChI is InChI=1S/C14H18N4O/c1-9-3-4-10(2)11(5-9)6-13(19)16-7-12-8-17-18-14(12)15/h3-5,8H,6-7H2,1-2H3,(H,16,19)(H3,15,17,18). The van der Waals surface area contributed by atoms with Crippen LogP contribution in [0.3, 0.4) is 0 Å². The van der Waals surface area contributed by atoms with Gasteiger partial charge in [0.2, 0.25) is 5.91 Å². The van der Waals surface area contributed by atoms with Crippen molar-refractivity contribution in [1.82, 2.24) is 15.5 Å². The molecule has 1 aromatic heterocycles. The van der Waals surface area contributed by atoms with Gasteiger partial charge >= 0.3 is 0 Å². The summed E-state index contributed by atoms with van der Waals surface area (Å²) in [6.07, 6.45) is 2.00. The van der Waals surface area contributed by atoms with Gasteiger partial charge in [-0.2, -0.15) is 5.10 Å². The Bertz CT molecular complexity index is 589. The number of benzene rings is 1. The van der Waals surface area contributed by atoms with Gasteiger partial charge in [-0.25, -0.2) is 0 Å². The molecule has 0 spiro atoms. The molecule has 100 valence electrons. The Labute approximate surface area is 112 Å². The number of rotatable bonds is 4. The average molecular weight is 258 g/mol. The van der Waals surface area contributed by atoms with E-state index >= 15 is 0 Å². The highest BCUT2D eigenvalue weighted by Crippen LogP contribution is 2.11. The molecule has 0 aliphatic rings. The van der Waals surface area contributed by atoms with Gasteiger partial charge in [0.1, 0.15) is 5.82 Å². The fourth-order valence-corrected chi connectivity index (χ4v) is 1.88. The Hall–Kier alpha value is -2.30. The summed E-state index contributed by atoms with van der Waals surface area (Å²) in [4.78, 5) is 11.9. The molecule has 2 rings (SSSR count). The molecular weight excluding hydrogens is 240 g/mol. The van der Waals surface area contributed by atoms with E-state index in [-0.39, 0.29) is 5.91 Å². The normalized spacial score (nSPS) is 10.4. The third-order valence-corrected chi connectivity index (χ3v) is 3.08. The maximum absolute atomic E-state index is 11.9. The van der Waals surface area contributed by atoms with E-state index in [0.29, 0.717) is 18.8 Å². The van der Waals surface area contributed by atoms with Crippen LogP contribution in [0.15, 0.2) is 24.4 Å². The highest BCUT2D eigenvalue weighted by atomic mass is 16.1. The van der Waals surface area contributed by atoms with Crippen molar-refractivity contribution < 1.29 is 4.79 Å². The van der Waals surface area contributed by atoms with E-state index in [2.05, 4.69) is 15.5 Å². The predicted molar refractivity (Wildman–Crippen MR) is 74.5 cm³/mol. The first-order valence-corrected chi connectivity index (χ1v) is 6.17. The van der Waals surface area contributed by atoms with Crippen LogP contribution < -0.4 is 11.1 Å². The van der Waals surface area contributed by atoms with Crippen molar-refractivity contribution >= 4 is 11.7 Å². The van der Waals surface area contributed by atoms with Crippen molar-refractivity contribution in [3.63, 3.8) is 0 Å². The number of carbonyl (C=O) groups is 1. The molecule has 0 aliphatic carbocycles. The molecule has 4 N–H and O–H groups in total. The van der Waals surface area contributed by atoms with Crippen LogP contribution in [0.25, 0.3) is 0 Å². The van der Waals surface area contributed by atoms with Gasteiger partial charge in [-0.05, 0) is 25.0 Å². The van der Waals surface area contributed by atoms with Crippen LogP contribution in [0.1, 0.15) is 22.3 Å². The minimum Gasteiger partial charge on any atom is -0.384 e. The van der Waals surface area contributed by atoms with Gasteiger partial charge in [0, 0.05) is 12.1 Å². The second-order valence-corrected chi connectivity index (χ2v) is 4.69. The fraction of sp³-hybridized carbons (Fsp3) is 0.286. The van der Waals surface area contributed by atoms with Crippen LogP contribution in [0, 0.1) is 13.8 Å². The summed E-state index contributed by atoms with van der Waals surface area (Å²) < 4.78 is 0. The van der Waals surface area contributed by atoms with Crippen molar-refractivity contribution in [2.75, 3.05) is 5.73 Å². The average Bonchev–Trinajstić information content (AvgIpc) is 2.77. The zero-order chi connectivity index (χ0) is 13.8. The SMILES string of the molecule is Cc1ccc(C)c(CC(=O)NCc2cn[nH]c2N)c1. The van der Waals surface area contributed by atoms with Gasteiger partial charge in [0.15, 0.2) is 0 Å². The number of aromatic amines is 1. The Balaban J connectivity index is 1.94. The monoisotopic (exact) mass is 258 g/mol. The summed E-state index contributed by atoms with van der Waals surface area (Å²) >= 11 is 0. The molecule has 19 heavy (non-hydrogen) atoms. The molecule has 0 bridgehead atoms. The highest BCUT2D eigenvalue weighted by Gasteiger charge is 2.08. The minimum absolute atomic E-state index is 0.0192. The number of H-pyrrole nitrogens is 1. The topological polar surface area (TPSA) is 83.8 Å². The van der Waals surface area contributed by atoms with E-state index in [4.69, 9.17) is 5.73 Å². The lowest BCUT2D eigenvalue weighted by molar-refractivity contribution is -0.120. The summed E-state index contributed by atoms with van der Waals surface area (Å²) in [7, 11) is 0. The van der Waals surface area contributed by atoms with Crippen LogP contribution in [-0.4, -0.2) is 16.1 Å². The molecule has 0 saturated carbocycles. The molecule has 1 aromatic carbocycles. The van der Waals surface area contributed by atoms with Crippen molar-refractivity contribution in [3.8, 4) is 0 Å². The fourth-order valence-electron chi connectivity index (χ4n) is 1.88. The number of nitrogens with one attached hydrogen (secondary N) is 2. The third kappa shape index (κ3) is 3.34. The van der Waals surface area contributed by atoms with Crippen LogP contribution in [0.2, 0.25) is 0 Å². The number of hydrogen-bond acceptors (Lipinski definition) is 3. The summed E-state index contributed by atoms with van der Waals surface area (Å²) in [5.41, 5.74) is 9.80. The summed E-state index contributed by atoms with van der Waals surface area (Å²) in [6.45, 7) is 4.43. The van der Waals surface area contributed by atoms with Gasteiger partial charge in [0.05, 0.1) is 12.6 Å². The number of aryl methyl sites for hydroxylation is 2. The molecule has 2 aromatic rings. The molecule has 1 amide bonds. The molecule has 5 heteroatoms. The molecule has 0 unspecified atom stereocenters. The smallest absolute Gasteiger partial charge is 0.224 e. The second-order valence-electron chi connectivity index (χ2n) is 4.69. The molecule has 0 aliphatic heterocycles. The van der Waals surface area contributed by atoms with Gasteiger partial charge in [-0.1, -0.05) is 23.8 Å². The van der Waals surface area contributed by atoms with Crippen LogP contribution in [0.4, 0.5) is 5.82 Å². The molecule has 0 saturated heterocycles. The number of nitrogens with zero attached hydrogens (tertiary/aromatic N) is 1. The van der Waals surface area contributed by atoms with E-state index in [1.807, 2.05) is 32.0 Å². The lowest BCUT2D eigenvalue weighted by Gasteiger charge is -2.08. The number of amides is 1. The first-order valence-electron chi connectivity index (χ1n) is 6.17. The van der Waals surface area contributed by atoms with Gasteiger partial charge in [0.25, 0.3) is 0 Å². The van der Waals surface area contributed by atoms with E-state index in [1.165, 1.54) is 0 Å². The molecule has 0 radical (unpaired) electrons. The summed E-state index contributed by atoms with van der Waals surface area (Å²) in [5, 5.41) is 9.29. The number of aromatic nitrogens is 2. The Morgan fingerprint density at radius 3 is 2.84 bits per heavy atom. The van der Waals surface area contributed by atoms with Crippen molar-refractivity contribution in [2.45, 2.75) is 26.8 Å². The van der Waals surface area contributed by atoms with Gasteiger partial charge in [-0.15, -0.1) is 0 Å². The number of anilines is 1. The highest BCUT2D eigenvalue weighted by molar-refractivity contribution is 5.79.